The molecule has 0 N–H and O–H groups in total. The smallest absolute Gasteiger partial charge is 0.410 e. The number of piperidine rings is 1. The molecule has 1 saturated heterocycles. The number of ether oxygens (including phenoxy) is 2. The summed E-state index contributed by atoms with van der Waals surface area (Å²) in [4.78, 5) is 25.6. The number of halogens is 3. The quantitative estimate of drug-likeness (QED) is 0.279. The van der Waals surface area contributed by atoms with Gasteiger partial charge in [-0.25, -0.2) is 19.2 Å². The first-order chi connectivity index (χ1) is 15.1. The van der Waals surface area contributed by atoms with E-state index in [1.165, 1.54) is 11.8 Å². The van der Waals surface area contributed by atoms with Gasteiger partial charge in [0.25, 0.3) is 0 Å². The van der Waals surface area contributed by atoms with E-state index in [-0.39, 0.29) is 27.1 Å². The first kappa shape index (κ1) is 23.6. The Labute approximate surface area is 204 Å². The molecule has 0 radical (unpaired) electrons. The van der Waals surface area contributed by atoms with E-state index in [2.05, 4.69) is 25.8 Å². The number of likely N-dealkylation sites (tertiary alicyclic amines) is 1. The van der Waals surface area contributed by atoms with Crippen molar-refractivity contribution in [3.05, 3.63) is 15.3 Å². The number of carbonyl (C=O) groups is 1. The number of hydrogen-bond donors (Lipinski definition) is 0. The predicted octanol–water partition coefficient (Wildman–Crippen LogP) is 5.51. The maximum atomic E-state index is 15.1. The minimum absolute atomic E-state index is 0.0240. The van der Waals surface area contributed by atoms with Crippen molar-refractivity contribution in [3.8, 4) is 5.75 Å². The molecule has 7 nitrogen and oxygen atoms in total. The molecule has 4 rings (SSSR count). The summed E-state index contributed by atoms with van der Waals surface area (Å²) in [6.07, 6.45) is 3.21. The maximum absolute atomic E-state index is 15.1. The van der Waals surface area contributed by atoms with Crippen molar-refractivity contribution in [2.75, 3.05) is 37.4 Å². The highest BCUT2D eigenvalue weighted by atomic mass is 79.9. The SMILES string of the molecule is CSc1nc2c3c(c(Cl)c(Br)c(F)c3n1)OCCN2C1CCCN(C(=O)OC(C)(C)C)C1. The Kier molecular flexibility index (Phi) is 6.66. The molecule has 1 atom stereocenters. The largest absolute Gasteiger partial charge is 0.489 e. The van der Waals surface area contributed by atoms with Crippen LogP contribution in [0.5, 0.6) is 5.75 Å². The first-order valence-corrected chi connectivity index (χ1v) is 12.8. The van der Waals surface area contributed by atoms with E-state index in [0.717, 1.165) is 12.8 Å². The summed E-state index contributed by atoms with van der Waals surface area (Å²) >= 11 is 11.0. The van der Waals surface area contributed by atoms with E-state index in [1.807, 2.05) is 27.0 Å². The van der Waals surface area contributed by atoms with Crippen LogP contribution in [0, 0.1) is 5.82 Å². The number of rotatable bonds is 2. The van der Waals surface area contributed by atoms with Gasteiger partial charge in [-0.1, -0.05) is 23.4 Å². The fourth-order valence-corrected chi connectivity index (χ4v) is 5.01. The normalized spacial score (nSPS) is 19.0. The van der Waals surface area contributed by atoms with Crippen LogP contribution >= 0.6 is 39.3 Å². The maximum Gasteiger partial charge on any atom is 0.410 e. The molecule has 0 saturated carbocycles. The molecule has 0 spiro atoms. The van der Waals surface area contributed by atoms with E-state index in [4.69, 9.17) is 26.1 Å². The highest BCUT2D eigenvalue weighted by Gasteiger charge is 2.35. The first-order valence-electron chi connectivity index (χ1n) is 10.4. The lowest BCUT2D eigenvalue weighted by atomic mass is 10.0. The zero-order chi connectivity index (χ0) is 23.2. The van der Waals surface area contributed by atoms with Crippen molar-refractivity contribution in [2.24, 2.45) is 0 Å². The molecule has 0 bridgehead atoms. The van der Waals surface area contributed by atoms with Crippen molar-refractivity contribution in [3.63, 3.8) is 0 Å². The Morgan fingerprint density at radius 3 is 2.78 bits per heavy atom. The number of carbonyl (C=O) groups excluding carboxylic acids is 1. The van der Waals surface area contributed by atoms with E-state index in [0.29, 0.717) is 48.4 Å². The molecular weight excluding hydrogens is 523 g/mol. The molecule has 0 aliphatic carbocycles. The standard InChI is InChI=1S/C21H25BrClFN4O3S/c1-21(2,3)31-20(29)27-7-5-6-11(10-27)28-8-9-30-17-12-16(15(24)13(22)14(17)23)25-19(32-4)26-18(12)28/h11H,5-10H2,1-4H3. The van der Waals surface area contributed by atoms with Crippen LogP contribution in [0.4, 0.5) is 15.0 Å². The average molecular weight is 548 g/mol. The van der Waals surface area contributed by atoms with Crippen molar-refractivity contribution in [1.29, 1.82) is 0 Å². The van der Waals surface area contributed by atoms with Gasteiger partial charge in [0.05, 0.1) is 16.4 Å². The van der Waals surface area contributed by atoms with Gasteiger partial charge in [0, 0.05) is 19.1 Å². The molecule has 1 amide bonds. The van der Waals surface area contributed by atoms with Gasteiger partial charge in [0.2, 0.25) is 0 Å². The van der Waals surface area contributed by atoms with E-state index < -0.39 is 11.4 Å². The Morgan fingerprint density at radius 2 is 2.09 bits per heavy atom. The number of nitrogens with zero attached hydrogens (tertiary/aromatic N) is 4. The number of hydrogen-bond acceptors (Lipinski definition) is 7. The highest BCUT2D eigenvalue weighted by molar-refractivity contribution is 9.10. The van der Waals surface area contributed by atoms with Crippen molar-refractivity contribution in [2.45, 2.75) is 50.4 Å². The topological polar surface area (TPSA) is 67.8 Å². The summed E-state index contributed by atoms with van der Waals surface area (Å²) in [6, 6.07) is -0.0240. The summed E-state index contributed by atoms with van der Waals surface area (Å²) in [6.45, 7) is 7.55. The third-order valence-electron chi connectivity index (χ3n) is 5.41. The van der Waals surface area contributed by atoms with Gasteiger partial charge in [-0.3, -0.25) is 0 Å². The van der Waals surface area contributed by atoms with Crippen LogP contribution in [0.15, 0.2) is 9.63 Å². The van der Waals surface area contributed by atoms with Crippen LogP contribution in [-0.4, -0.2) is 65.1 Å². The molecule has 1 aromatic heterocycles. The number of benzene rings is 1. The molecule has 174 valence electrons. The predicted molar refractivity (Wildman–Crippen MR) is 128 cm³/mol. The summed E-state index contributed by atoms with van der Waals surface area (Å²) < 4.78 is 26.8. The molecule has 2 aromatic rings. The van der Waals surface area contributed by atoms with Gasteiger partial charge >= 0.3 is 6.09 Å². The Balaban J connectivity index is 1.77. The molecule has 1 fully saturated rings. The van der Waals surface area contributed by atoms with Crippen LogP contribution in [0.1, 0.15) is 33.6 Å². The lowest BCUT2D eigenvalue weighted by Gasteiger charge is -2.40. The molecule has 32 heavy (non-hydrogen) atoms. The summed E-state index contributed by atoms with van der Waals surface area (Å²) in [5.74, 6) is 0.410. The van der Waals surface area contributed by atoms with Gasteiger partial charge in [-0.2, -0.15) is 0 Å². The van der Waals surface area contributed by atoms with Crippen LogP contribution in [0.2, 0.25) is 5.02 Å². The molecule has 2 aliphatic rings. The lowest BCUT2D eigenvalue weighted by Crippen LogP contribution is -2.52. The number of aromatic nitrogens is 2. The monoisotopic (exact) mass is 546 g/mol. The van der Waals surface area contributed by atoms with E-state index in [9.17, 15) is 4.79 Å². The zero-order valence-corrected chi connectivity index (χ0v) is 21.5. The molecular formula is C21H25BrClFN4O3S. The van der Waals surface area contributed by atoms with Crippen LogP contribution < -0.4 is 9.64 Å². The molecule has 3 heterocycles. The van der Waals surface area contributed by atoms with Crippen molar-refractivity contribution in [1.82, 2.24) is 14.9 Å². The second-order valence-corrected chi connectivity index (χ2v) is 10.7. The minimum Gasteiger partial charge on any atom is -0.489 e. The molecule has 2 aliphatic heterocycles. The van der Waals surface area contributed by atoms with Crippen molar-refractivity contribution >= 4 is 62.1 Å². The lowest BCUT2D eigenvalue weighted by molar-refractivity contribution is 0.0197. The molecule has 1 aromatic carbocycles. The highest BCUT2D eigenvalue weighted by Crippen LogP contribution is 2.46. The van der Waals surface area contributed by atoms with Crippen LogP contribution in [0.25, 0.3) is 10.9 Å². The fraction of sp³-hybridized carbons (Fsp3) is 0.571. The molecule has 1 unspecified atom stereocenters. The molecule has 11 heteroatoms. The Morgan fingerprint density at radius 1 is 1.34 bits per heavy atom. The fourth-order valence-electron chi connectivity index (χ4n) is 4.05. The van der Waals surface area contributed by atoms with Gasteiger partial charge in [0.1, 0.15) is 28.6 Å². The summed E-state index contributed by atoms with van der Waals surface area (Å²) in [5, 5.41) is 1.08. The van der Waals surface area contributed by atoms with E-state index in [1.54, 1.807) is 4.90 Å². The second-order valence-electron chi connectivity index (χ2n) is 8.79. The number of anilines is 1. The summed E-state index contributed by atoms with van der Waals surface area (Å²) in [7, 11) is 0. The zero-order valence-electron chi connectivity index (χ0n) is 18.4. The van der Waals surface area contributed by atoms with Crippen molar-refractivity contribution < 1.29 is 18.7 Å². The Hall–Kier alpha value is -1.52. The van der Waals surface area contributed by atoms with Gasteiger partial charge in [-0.15, -0.1) is 0 Å². The van der Waals surface area contributed by atoms with Gasteiger partial charge < -0.3 is 19.3 Å². The number of thioether (sulfide) groups is 1. The average Bonchev–Trinajstić information content (AvgIpc) is 2.94. The number of amides is 1. The van der Waals surface area contributed by atoms with Crippen LogP contribution in [-0.2, 0) is 4.74 Å². The third kappa shape index (κ3) is 4.46. The van der Waals surface area contributed by atoms with Crippen LogP contribution in [0.3, 0.4) is 0 Å². The van der Waals surface area contributed by atoms with E-state index >= 15 is 4.39 Å². The minimum atomic E-state index is -0.562. The van der Waals surface area contributed by atoms with Gasteiger partial charge in [0.15, 0.2) is 16.7 Å². The summed E-state index contributed by atoms with van der Waals surface area (Å²) in [5.41, 5.74) is -0.398. The van der Waals surface area contributed by atoms with Gasteiger partial charge in [-0.05, 0) is 55.8 Å². The second kappa shape index (κ2) is 9.02. The Bertz CT molecular complexity index is 1070. The third-order valence-corrected chi connectivity index (χ3v) is 7.29.